The number of methoxy groups -OCH3 is 1. The molecule has 0 aliphatic rings. The van der Waals surface area contributed by atoms with E-state index in [2.05, 4.69) is 9.98 Å². The van der Waals surface area contributed by atoms with Gasteiger partial charge in [-0.25, -0.2) is 4.98 Å². The number of hydrogen-bond acceptors (Lipinski definition) is 7. The SMILES string of the molecule is COc1ccc2oc(-c3ccc(N=Cc4cccc([N+](=O)[O-])c4O)cc3)nc2c1. The molecular formula is C21H15N3O5. The van der Waals surface area contributed by atoms with E-state index in [1.165, 1.54) is 18.3 Å². The normalized spacial score (nSPS) is 11.2. The molecule has 0 aliphatic heterocycles. The summed E-state index contributed by atoms with van der Waals surface area (Å²) in [6.07, 6.45) is 1.38. The Morgan fingerprint density at radius 2 is 1.97 bits per heavy atom. The van der Waals surface area contributed by atoms with E-state index in [9.17, 15) is 15.2 Å². The summed E-state index contributed by atoms with van der Waals surface area (Å²) >= 11 is 0. The highest BCUT2D eigenvalue weighted by Crippen LogP contribution is 2.30. The Labute approximate surface area is 164 Å². The van der Waals surface area contributed by atoms with Crippen molar-refractivity contribution in [2.75, 3.05) is 7.11 Å². The molecule has 0 unspecified atom stereocenters. The number of oxazole rings is 1. The predicted octanol–water partition coefficient (Wildman–Crippen LogP) is 4.87. The topological polar surface area (TPSA) is 111 Å². The molecule has 144 valence electrons. The number of ether oxygens (including phenoxy) is 1. The number of aromatic nitrogens is 1. The second-order valence-electron chi connectivity index (χ2n) is 6.13. The van der Waals surface area contributed by atoms with E-state index in [-0.39, 0.29) is 11.3 Å². The second kappa shape index (κ2) is 7.43. The molecule has 0 amide bonds. The van der Waals surface area contributed by atoms with Crippen molar-refractivity contribution in [2.45, 2.75) is 0 Å². The van der Waals surface area contributed by atoms with Gasteiger partial charge in [0.2, 0.25) is 11.6 Å². The standard InChI is InChI=1S/C21H15N3O5/c1-28-16-9-10-19-17(11-16)23-21(29-19)13-5-7-15(8-6-13)22-12-14-3-2-4-18(20(14)25)24(26)27/h2-12,25H,1H3. The van der Waals surface area contributed by atoms with Crippen molar-refractivity contribution < 1.29 is 19.2 Å². The van der Waals surface area contributed by atoms with E-state index in [1.807, 2.05) is 12.1 Å². The van der Waals surface area contributed by atoms with E-state index >= 15 is 0 Å². The average Bonchev–Trinajstić information content (AvgIpc) is 3.16. The van der Waals surface area contributed by atoms with Gasteiger partial charge in [-0.2, -0.15) is 0 Å². The quantitative estimate of drug-likeness (QED) is 0.296. The Morgan fingerprint density at radius 1 is 1.17 bits per heavy atom. The third kappa shape index (κ3) is 3.63. The number of rotatable bonds is 5. The zero-order chi connectivity index (χ0) is 20.4. The number of nitro groups is 1. The molecule has 0 radical (unpaired) electrons. The molecule has 0 saturated carbocycles. The maximum absolute atomic E-state index is 10.9. The monoisotopic (exact) mass is 389 g/mol. The molecule has 1 N–H and O–H groups in total. The van der Waals surface area contributed by atoms with Crippen molar-refractivity contribution in [1.29, 1.82) is 0 Å². The summed E-state index contributed by atoms with van der Waals surface area (Å²) in [5.41, 5.74) is 2.63. The molecule has 0 bridgehead atoms. The van der Waals surface area contributed by atoms with Gasteiger partial charge < -0.3 is 14.3 Å². The highest BCUT2D eigenvalue weighted by atomic mass is 16.6. The maximum atomic E-state index is 10.9. The lowest BCUT2D eigenvalue weighted by molar-refractivity contribution is -0.385. The first kappa shape index (κ1) is 18.2. The number of aromatic hydroxyl groups is 1. The largest absolute Gasteiger partial charge is 0.502 e. The van der Waals surface area contributed by atoms with Gasteiger partial charge in [0.1, 0.15) is 11.3 Å². The Bertz CT molecular complexity index is 1230. The summed E-state index contributed by atoms with van der Waals surface area (Å²) in [5, 5.41) is 20.9. The summed E-state index contributed by atoms with van der Waals surface area (Å²) in [6.45, 7) is 0. The number of nitrogens with zero attached hydrogens (tertiary/aromatic N) is 3. The predicted molar refractivity (Wildman–Crippen MR) is 108 cm³/mol. The van der Waals surface area contributed by atoms with Crippen molar-refractivity contribution in [2.24, 2.45) is 4.99 Å². The highest BCUT2D eigenvalue weighted by molar-refractivity contribution is 5.87. The van der Waals surface area contributed by atoms with Gasteiger partial charge in [-0.15, -0.1) is 0 Å². The van der Waals surface area contributed by atoms with Gasteiger partial charge in [-0.1, -0.05) is 6.07 Å². The molecule has 0 aliphatic carbocycles. The fourth-order valence-electron chi connectivity index (χ4n) is 2.79. The number of phenolic OH excluding ortho intramolecular Hbond substituents is 1. The maximum Gasteiger partial charge on any atom is 0.311 e. The van der Waals surface area contributed by atoms with Crippen LogP contribution in [0.15, 0.2) is 70.1 Å². The Morgan fingerprint density at radius 3 is 2.69 bits per heavy atom. The lowest BCUT2D eigenvalue weighted by atomic mass is 10.2. The molecule has 0 atom stereocenters. The van der Waals surface area contributed by atoms with Crippen molar-refractivity contribution in [3.8, 4) is 23.0 Å². The van der Waals surface area contributed by atoms with E-state index < -0.39 is 10.7 Å². The zero-order valence-corrected chi connectivity index (χ0v) is 15.3. The van der Waals surface area contributed by atoms with Crippen LogP contribution in [0, 0.1) is 10.1 Å². The molecule has 4 aromatic rings. The summed E-state index contributed by atoms with van der Waals surface area (Å²) in [4.78, 5) is 19.0. The van der Waals surface area contributed by atoms with Gasteiger partial charge in [0.05, 0.1) is 17.7 Å². The molecule has 0 saturated heterocycles. The number of para-hydroxylation sites is 1. The minimum atomic E-state index is -0.641. The Kier molecular flexibility index (Phi) is 4.66. The third-order valence-corrected chi connectivity index (χ3v) is 4.30. The van der Waals surface area contributed by atoms with Crippen molar-refractivity contribution in [1.82, 2.24) is 4.98 Å². The molecule has 0 spiro atoms. The first-order valence-electron chi connectivity index (χ1n) is 8.60. The minimum Gasteiger partial charge on any atom is -0.502 e. The van der Waals surface area contributed by atoms with Crippen LogP contribution in [0.5, 0.6) is 11.5 Å². The third-order valence-electron chi connectivity index (χ3n) is 4.30. The fourth-order valence-corrected chi connectivity index (χ4v) is 2.79. The molecular weight excluding hydrogens is 374 g/mol. The number of fused-ring (bicyclic) bond motifs is 1. The van der Waals surface area contributed by atoms with Crippen LogP contribution in [0.3, 0.4) is 0 Å². The number of hydrogen-bond donors (Lipinski definition) is 1. The van der Waals surface area contributed by atoms with Crippen molar-refractivity contribution >= 4 is 28.7 Å². The van der Waals surface area contributed by atoms with E-state index in [0.29, 0.717) is 28.4 Å². The summed E-state index contributed by atoms with van der Waals surface area (Å²) < 4.78 is 11.0. The van der Waals surface area contributed by atoms with Crippen LogP contribution in [-0.4, -0.2) is 28.3 Å². The van der Waals surface area contributed by atoms with Crippen LogP contribution in [-0.2, 0) is 0 Å². The second-order valence-corrected chi connectivity index (χ2v) is 6.13. The van der Waals surface area contributed by atoms with Crippen LogP contribution in [0.2, 0.25) is 0 Å². The summed E-state index contributed by atoms with van der Waals surface area (Å²) in [6, 6.07) is 16.8. The van der Waals surface area contributed by atoms with Gasteiger partial charge in [-0.3, -0.25) is 15.1 Å². The van der Waals surface area contributed by atoms with Crippen LogP contribution in [0.4, 0.5) is 11.4 Å². The summed E-state index contributed by atoms with van der Waals surface area (Å²) in [7, 11) is 1.59. The first-order valence-corrected chi connectivity index (χ1v) is 8.60. The van der Waals surface area contributed by atoms with Crippen molar-refractivity contribution in [3.05, 3.63) is 76.3 Å². The molecule has 8 nitrogen and oxygen atoms in total. The van der Waals surface area contributed by atoms with Crippen LogP contribution >= 0.6 is 0 Å². The lowest BCUT2D eigenvalue weighted by Gasteiger charge is -2.00. The molecule has 8 heteroatoms. The van der Waals surface area contributed by atoms with Crippen LogP contribution in [0.25, 0.3) is 22.6 Å². The van der Waals surface area contributed by atoms with Crippen molar-refractivity contribution in [3.63, 3.8) is 0 Å². The Hall–Kier alpha value is -4.20. The minimum absolute atomic E-state index is 0.260. The van der Waals surface area contributed by atoms with E-state index in [1.54, 1.807) is 43.5 Å². The molecule has 1 aromatic heterocycles. The van der Waals surface area contributed by atoms with Crippen LogP contribution < -0.4 is 4.74 Å². The fraction of sp³-hybridized carbons (Fsp3) is 0.0476. The molecule has 0 fully saturated rings. The average molecular weight is 389 g/mol. The van der Waals surface area contributed by atoms with E-state index in [0.717, 1.165) is 5.56 Å². The number of benzene rings is 3. The summed E-state index contributed by atoms with van der Waals surface area (Å²) in [5.74, 6) is 0.756. The Balaban J connectivity index is 1.58. The highest BCUT2D eigenvalue weighted by Gasteiger charge is 2.15. The van der Waals surface area contributed by atoms with Gasteiger partial charge in [0.25, 0.3) is 0 Å². The van der Waals surface area contributed by atoms with Gasteiger partial charge in [-0.05, 0) is 42.5 Å². The number of phenols is 1. The first-order chi connectivity index (χ1) is 14.0. The number of aliphatic imine (C=N–C) groups is 1. The smallest absolute Gasteiger partial charge is 0.311 e. The molecule has 3 aromatic carbocycles. The number of nitro benzene ring substituents is 1. The van der Waals surface area contributed by atoms with Gasteiger partial charge >= 0.3 is 5.69 Å². The molecule has 4 rings (SSSR count). The zero-order valence-electron chi connectivity index (χ0n) is 15.3. The molecule has 1 heterocycles. The van der Waals surface area contributed by atoms with Gasteiger partial charge in [0.15, 0.2) is 5.58 Å². The van der Waals surface area contributed by atoms with E-state index in [4.69, 9.17) is 9.15 Å². The van der Waals surface area contributed by atoms with Crippen LogP contribution in [0.1, 0.15) is 5.56 Å². The van der Waals surface area contributed by atoms with Gasteiger partial charge in [0, 0.05) is 29.5 Å². The molecule has 29 heavy (non-hydrogen) atoms. The lowest BCUT2D eigenvalue weighted by Crippen LogP contribution is -1.91.